The molecular weight excluding hydrogens is 288 g/mol. The zero-order valence-electron chi connectivity index (χ0n) is 11.5. The average Bonchev–Trinajstić information content (AvgIpc) is 2.34. The summed E-state index contributed by atoms with van der Waals surface area (Å²) in [6, 6.07) is 7.34. The third kappa shape index (κ3) is 2.95. The molecule has 0 amide bonds. The zero-order valence-corrected chi connectivity index (χ0v) is 13.1. The second-order valence-corrected chi connectivity index (χ2v) is 6.25. The average molecular weight is 311 g/mol. The van der Waals surface area contributed by atoms with E-state index in [0.717, 1.165) is 6.54 Å². The van der Waals surface area contributed by atoms with Crippen molar-refractivity contribution in [2.75, 3.05) is 27.2 Å². The van der Waals surface area contributed by atoms with Crippen LogP contribution in [0.1, 0.15) is 30.0 Å². The van der Waals surface area contributed by atoms with Crippen molar-refractivity contribution in [3.05, 3.63) is 33.8 Å². The maximum atomic E-state index is 3.59. The fourth-order valence-electron chi connectivity index (χ4n) is 3.11. The van der Waals surface area contributed by atoms with Crippen LogP contribution in [0.15, 0.2) is 22.7 Å². The van der Waals surface area contributed by atoms with Crippen molar-refractivity contribution in [3.63, 3.8) is 0 Å². The molecule has 0 saturated carbocycles. The van der Waals surface area contributed by atoms with Crippen molar-refractivity contribution in [2.24, 2.45) is 5.92 Å². The minimum Gasteiger partial charge on any atom is -0.319 e. The summed E-state index contributed by atoms with van der Waals surface area (Å²) in [5.74, 6) is 0.717. The van der Waals surface area contributed by atoms with Crippen LogP contribution in [0.3, 0.4) is 0 Å². The first-order valence-corrected chi connectivity index (χ1v) is 7.53. The second kappa shape index (κ2) is 6.18. The van der Waals surface area contributed by atoms with Gasteiger partial charge >= 0.3 is 0 Å². The predicted octanol–water partition coefficient (Wildman–Crippen LogP) is 3.36. The smallest absolute Gasteiger partial charge is 0.0385 e. The highest BCUT2D eigenvalue weighted by molar-refractivity contribution is 9.10. The molecule has 1 aromatic rings. The van der Waals surface area contributed by atoms with E-state index in [9.17, 15) is 0 Å². The topological polar surface area (TPSA) is 15.3 Å². The molecule has 0 radical (unpaired) electrons. The van der Waals surface area contributed by atoms with Gasteiger partial charge in [-0.25, -0.2) is 0 Å². The largest absolute Gasteiger partial charge is 0.319 e. The molecule has 1 N–H and O–H groups in total. The summed E-state index contributed by atoms with van der Waals surface area (Å²) in [6.07, 6.45) is 2.64. The van der Waals surface area contributed by atoms with Crippen LogP contribution in [0.5, 0.6) is 0 Å². The zero-order chi connectivity index (χ0) is 13.1. The maximum Gasteiger partial charge on any atom is 0.0385 e. The molecule has 100 valence electrons. The van der Waals surface area contributed by atoms with Crippen LogP contribution < -0.4 is 5.32 Å². The van der Waals surface area contributed by atoms with Crippen molar-refractivity contribution < 1.29 is 0 Å². The first-order valence-electron chi connectivity index (χ1n) is 6.74. The quantitative estimate of drug-likeness (QED) is 0.921. The van der Waals surface area contributed by atoms with Gasteiger partial charge in [0.15, 0.2) is 0 Å². The Balaban J connectivity index is 2.28. The molecule has 0 spiro atoms. The molecule has 0 aromatic heterocycles. The molecule has 1 aliphatic rings. The highest BCUT2D eigenvalue weighted by Gasteiger charge is 2.29. The highest BCUT2D eigenvalue weighted by atomic mass is 79.9. The van der Waals surface area contributed by atoms with Crippen LogP contribution in [0.25, 0.3) is 0 Å². The van der Waals surface area contributed by atoms with E-state index in [4.69, 9.17) is 0 Å². The van der Waals surface area contributed by atoms with Crippen molar-refractivity contribution >= 4 is 15.9 Å². The fourth-order valence-corrected chi connectivity index (χ4v) is 3.36. The van der Waals surface area contributed by atoms with Crippen LogP contribution in [0, 0.1) is 12.8 Å². The molecule has 1 saturated heterocycles. The molecular formula is C15H23BrN2. The predicted molar refractivity (Wildman–Crippen MR) is 80.9 cm³/mol. The molecule has 2 unspecified atom stereocenters. The minimum atomic E-state index is 0.554. The van der Waals surface area contributed by atoms with E-state index in [1.807, 2.05) is 0 Å². The van der Waals surface area contributed by atoms with Gasteiger partial charge in [-0.15, -0.1) is 0 Å². The summed E-state index contributed by atoms with van der Waals surface area (Å²) in [6.45, 7) is 4.48. The van der Waals surface area contributed by atoms with Crippen molar-refractivity contribution in [3.8, 4) is 0 Å². The first-order chi connectivity index (χ1) is 8.63. The summed E-state index contributed by atoms with van der Waals surface area (Å²) in [4.78, 5) is 2.51. The number of rotatable bonds is 3. The summed E-state index contributed by atoms with van der Waals surface area (Å²) >= 11 is 3.59. The Kier molecular flexibility index (Phi) is 4.82. The second-order valence-electron chi connectivity index (χ2n) is 5.39. The molecule has 0 aliphatic carbocycles. The molecule has 1 aliphatic heterocycles. The molecule has 2 nitrogen and oxygen atoms in total. The molecule has 1 aromatic carbocycles. The van der Waals surface area contributed by atoms with Gasteiger partial charge in [0.25, 0.3) is 0 Å². The third-order valence-corrected chi connectivity index (χ3v) is 4.89. The Bertz CT molecular complexity index is 403. The van der Waals surface area contributed by atoms with Gasteiger partial charge in [0.2, 0.25) is 0 Å². The number of hydrogen-bond acceptors (Lipinski definition) is 2. The molecule has 0 bridgehead atoms. The van der Waals surface area contributed by atoms with Crippen LogP contribution >= 0.6 is 15.9 Å². The van der Waals surface area contributed by atoms with E-state index in [2.05, 4.69) is 65.4 Å². The number of halogens is 1. The van der Waals surface area contributed by atoms with Gasteiger partial charge in [-0.05, 0) is 70.1 Å². The van der Waals surface area contributed by atoms with E-state index in [1.165, 1.54) is 35.0 Å². The van der Waals surface area contributed by atoms with Gasteiger partial charge in [-0.1, -0.05) is 28.1 Å². The molecule has 3 heteroatoms. The van der Waals surface area contributed by atoms with Gasteiger partial charge in [-0.2, -0.15) is 0 Å². The summed E-state index contributed by atoms with van der Waals surface area (Å²) < 4.78 is 1.20. The third-order valence-electron chi connectivity index (χ3n) is 4.00. The number of nitrogens with zero attached hydrogens (tertiary/aromatic N) is 1. The van der Waals surface area contributed by atoms with Gasteiger partial charge in [0.05, 0.1) is 0 Å². The number of nitrogens with one attached hydrogen (secondary N) is 1. The number of likely N-dealkylation sites (tertiary alicyclic amines) is 1. The number of benzene rings is 1. The molecule has 1 fully saturated rings. The first kappa shape index (κ1) is 14.0. The number of aryl methyl sites for hydroxylation is 1. The van der Waals surface area contributed by atoms with Gasteiger partial charge in [0.1, 0.15) is 0 Å². The summed E-state index contributed by atoms with van der Waals surface area (Å²) in [5, 5.41) is 3.35. The van der Waals surface area contributed by atoms with Crippen molar-refractivity contribution in [1.82, 2.24) is 10.2 Å². The van der Waals surface area contributed by atoms with Crippen LogP contribution in [0.2, 0.25) is 0 Å². The van der Waals surface area contributed by atoms with Crippen molar-refractivity contribution in [2.45, 2.75) is 25.8 Å². The fraction of sp³-hybridized carbons (Fsp3) is 0.600. The van der Waals surface area contributed by atoms with Gasteiger partial charge in [0, 0.05) is 10.5 Å². The Labute approximate surface area is 119 Å². The van der Waals surface area contributed by atoms with Crippen LogP contribution in [-0.4, -0.2) is 32.1 Å². The lowest BCUT2D eigenvalue weighted by Gasteiger charge is -2.39. The minimum absolute atomic E-state index is 0.554. The molecule has 2 rings (SSSR count). The molecule has 2 atom stereocenters. The number of hydrogen-bond donors (Lipinski definition) is 1. The van der Waals surface area contributed by atoms with Gasteiger partial charge in [-0.3, -0.25) is 4.90 Å². The van der Waals surface area contributed by atoms with Crippen molar-refractivity contribution in [1.29, 1.82) is 0 Å². The molecule has 18 heavy (non-hydrogen) atoms. The van der Waals surface area contributed by atoms with E-state index >= 15 is 0 Å². The lowest BCUT2D eigenvalue weighted by atomic mass is 9.84. The SMILES string of the molecule is CNCC1CCCN(C)C1c1ccc(Br)c(C)c1. The Morgan fingerprint density at radius 2 is 2.22 bits per heavy atom. The van der Waals surface area contributed by atoms with E-state index in [-0.39, 0.29) is 0 Å². The standard InChI is InChI=1S/C15H23BrN2/c1-11-9-12(6-7-14(11)16)15-13(10-17-2)5-4-8-18(15)3/h6-7,9,13,15,17H,4-5,8,10H2,1-3H3. The normalized spacial score (nSPS) is 25.3. The van der Waals surface area contributed by atoms with Crippen LogP contribution in [0.4, 0.5) is 0 Å². The lowest BCUT2D eigenvalue weighted by Crippen LogP contribution is -2.39. The Morgan fingerprint density at radius 3 is 2.89 bits per heavy atom. The van der Waals surface area contributed by atoms with Gasteiger partial charge < -0.3 is 5.32 Å². The maximum absolute atomic E-state index is 3.59. The lowest BCUT2D eigenvalue weighted by molar-refractivity contribution is 0.121. The van der Waals surface area contributed by atoms with E-state index in [0.29, 0.717) is 12.0 Å². The summed E-state index contributed by atoms with van der Waals surface area (Å²) in [7, 11) is 4.31. The highest BCUT2D eigenvalue weighted by Crippen LogP contribution is 2.35. The molecule has 1 heterocycles. The number of piperidine rings is 1. The Hall–Kier alpha value is -0.380. The van der Waals surface area contributed by atoms with Crippen LogP contribution in [-0.2, 0) is 0 Å². The van der Waals surface area contributed by atoms with E-state index < -0.39 is 0 Å². The monoisotopic (exact) mass is 310 g/mol. The summed E-state index contributed by atoms with van der Waals surface area (Å²) in [5.41, 5.74) is 2.79. The Morgan fingerprint density at radius 1 is 1.44 bits per heavy atom. The van der Waals surface area contributed by atoms with E-state index in [1.54, 1.807) is 0 Å².